The van der Waals surface area contributed by atoms with Gasteiger partial charge in [0, 0.05) is 0 Å². The molecule has 0 saturated carbocycles. The highest BCUT2D eigenvalue weighted by molar-refractivity contribution is 7.99. The molecule has 4 aromatic rings. The minimum atomic E-state index is -0.300. The van der Waals surface area contributed by atoms with Gasteiger partial charge in [0.1, 0.15) is 11.1 Å². The number of hydrogen-bond donors (Lipinski definition) is 2. The fourth-order valence-corrected chi connectivity index (χ4v) is 3.64. The van der Waals surface area contributed by atoms with Gasteiger partial charge in [0.2, 0.25) is 5.91 Å². The van der Waals surface area contributed by atoms with Gasteiger partial charge in [-0.3, -0.25) is 9.59 Å². The number of aromatic amines is 1. The Bertz CT molecular complexity index is 1280. The Morgan fingerprint density at radius 1 is 1.23 bits per heavy atom. The molecule has 0 aliphatic rings. The van der Waals surface area contributed by atoms with E-state index in [0.29, 0.717) is 27.6 Å². The quantitative estimate of drug-likeness (QED) is 0.366. The van der Waals surface area contributed by atoms with Crippen molar-refractivity contribution < 1.29 is 9.53 Å². The summed E-state index contributed by atoms with van der Waals surface area (Å²) in [5, 5.41) is 7.84. The number of rotatable bonds is 6. The van der Waals surface area contributed by atoms with Crippen LogP contribution in [0.4, 0.5) is 5.69 Å². The third-order valence-corrected chi connectivity index (χ3v) is 5.26. The molecular weight excluding hydrogens is 402 g/mol. The molecule has 9 heteroatoms. The number of carbonyl (C=O) groups is 1. The number of fused-ring (bicyclic) bond motifs is 1. The minimum Gasteiger partial charge on any atom is -0.495 e. The van der Waals surface area contributed by atoms with Crippen LogP contribution >= 0.6 is 11.8 Å². The molecule has 0 unspecified atom stereocenters. The Balaban J connectivity index is 1.55. The van der Waals surface area contributed by atoms with E-state index in [0.717, 1.165) is 23.0 Å². The second-order valence-corrected chi connectivity index (χ2v) is 7.50. The van der Waals surface area contributed by atoms with E-state index in [1.807, 2.05) is 43.3 Å². The van der Waals surface area contributed by atoms with Gasteiger partial charge in [-0.1, -0.05) is 36.0 Å². The third-order valence-electron chi connectivity index (χ3n) is 4.38. The van der Waals surface area contributed by atoms with Crippen LogP contribution in [0.15, 0.2) is 64.7 Å². The maximum atomic E-state index is 12.5. The largest absolute Gasteiger partial charge is 0.495 e. The van der Waals surface area contributed by atoms with Gasteiger partial charge < -0.3 is 15.0 Å². The van der Waals surface area contributed by atoms with Crippen molar-refractivity contribution in [3.63, 3.8) is 0 Å². The molecule has 0 aliphatic carbocycles. The molecule has 0 radical (unpaired) electrons. The van der Waals surface area contributed by atoms with Gasteiger partial charge in [-0.15, -0.1) is 0 Å². The molecule has 0 aliphatic heterocycles. The molecule has 1 amide bonds. The molecule has 2 aromatic heterocycles. The fourth-order valence-electron chi connectivity index (χ4n) is 2.98. The van der Waals surface area contributed by atoms with E-state index < -0.39 is 0 Å². The maximum absolute atomic E-state index is 12.5. The Morgan fingerprint density at radius 2 is 2.07 bits per heavy atom. The van der Waals surface area contributed by atoms with Crippen LogP contribution in [0, 0.1) is 6.92 Å². The molecule has 152 valence electrons. The average molecular weight is 421 g/mol. The number of carbonyl (C=O) groups excluding carboxylic acids is 1. The van der Waals surface area contributed by atoms with Crippen LogP contribution in [0.3, 0.4) is 0 Å². The van der Waals surface area contributed by atoms with Gasteiger partial charge in [-0.25, -0.2) is 9.67 Å². The molecule has 0 saturated heterocycles. The zero-order chi connectivity index (χ0) is 21.1. The number of benzene rings is 2. The number of para-hydroxylation sites is 2. The number of aromatic nitrogens is 4. The topological polar surface area (TPSA) is 102 Å². The van der Waals surface area contributed by atoms with Gasteiger partial charge in [0.05, 0.1) is 30.4 Å². The van der Waals surface area contributed by atoms with Gasteiger partial charge in [-0.2, -0.15) is 5.10 Å². The molecule has 8 nitrogen and oxygen atoms in total. The van der Waals surface area contributed by atoms with E-state index in [1.165, 1.54) is 6.20 Å². The van der Waals surface area contributed by atoms with E-state index in [4.69, 9.17) is 4.74 Å². The fraction of sp³-hybridized carbons (Fsp3) is 0.143. The number of H-pyrrole nitrogens is 1. The Labute approximate surface area is 176 Å². The standard InChI is InChI=1S/C21H19N5O3S/c1-13-6-5-7-14(10-13)26-19-15(11-22-26)20(28)25-21(24-19)30-12-18(27)23-16-8-3-4-9-17(16)29-2/h3-11H,12H2,1-2H3,(H,23,27)(H,24,25,28). The monoisotopic (exact) mass is 421 g/mol. The van der Waals surface area contributed by atoms with Crippen molar-refractivity contribution in [2.45, 2.75) is 12.1 Å². The van der Waals surface area contributed by atoms with Crippen molar-refractivity contribution in [2.24, 2.45) is 0 Å². The van der Waals surface area contributed by atoms with Gasteiger partial charge in [0.15, 0.2) is 10.8 Å². The highest BCUT2D eigenvalue weighted by atomic mass is 32.2. The molecule has 2 N–H and O–H groups in total. The third kappa shape index (κ3) is 4.06. The Morgan fingerprint density at radius 3 is 2.87 bits per heavy atom. The lowest BCUT2D eigenvalue weighted by atomic mass is 10.2. The number of hydrogen-bond acceptors (Lipinski definition) is 6. The first-order valence-corrected chi connectivity index (χ1v) is 10.1. The molecule has 4 rings (SSSR count). The molecular formula is C21H19N5O3S. The van der Waals surface area contributed by atoms with Gasteiger partial charge in [0.25, 0.3) is 5.56 Å². The van der Waals surface area contributed by atoms with Crippen LogP contribution in [0.2, 0.25) is 0 Å². The van der Waals surface area contributed by atoms with Crippen LogP contribution in [0.25, 0.3) is 16.7 Å². The molecule has 2 aromatic carbocycles. The Kier molecular flexibility index (Phi) is 5.53. The highest BCUT2D eigenvalue weighted by Crippen LogP contribution is 2.24. The number of aryl methyl sites for hydroxylation is 1. The summed E-state index contributed by atoms with van der Waals surface area (Å²) < 4.78 is 6.86. The molecule has 2 heterocycles. The van der Waals surface area contributed by atoms with Crippen molar-refractivity contribution in [2.75, 3.05) is 18.2 Å². The number of nitrogens with one attached hydrogen (secondary N) is 2. The maximum Gasteiger partial charge on any atom is 0.262 e. The van der Waals surface area contributed by atoms with Crippen molar-refractivity contribution in [3.8, 4) is 11.4 Å². The summed E-state index contributed by atoms with van der Waals surface area (Å²) in [6.45, 7) is 1.98. The lowest BCUT2D eigenvalue weighted by Gasteiger charge is -2.09. The number of nitrogens with zero attached hydrogens (tertiary/aromatic N) is 3. The predicted octanol–water partition coefficient (Wildman–Crippen LogP) is 3.16. The summed E-state index contributed by atoms with van der Waals surface area (Å²) in [7, 11) is 1.54. The number of ether oxygens (including phenoxy) is 1. The first-order chi connectivity index (χ1) is 14.5. The van der Waals surface area contributed by atoms with Crippen LogP contribution in [-0.2, 0) is 4.79 Å². The molecule has 0 spiro atoms. The van der Waals surface area contributed by atoms with E-state index in [-0.39, 0.29) is 17.2 Å². The van der Waals surface area contributed by atoms with Crippen LogP contribution in [0.5, 0.6) is 5.75 Å². The summed E-state index contributed by atoms with van der Waals surface area (Å²) in [5.74, 6) is 0.413. The zero-order valence-corrected chi connectivity index (χ0v) is 17.2. The van der Waals surface area contributed by atoms with E-state index in [1.54, 1.807) is 23.9 Å². The van der Waals surface area contributed by atoms with Gasteiger partial charge >= 0.3 is 0 Å². The minimum absolute atomic E-state index is 0.0745. The smallest absolute Gasteiger partial charge is 0.262 e. The molecule has 30 heavy (non-hydrogen) atoms. The lowest BCUT2D eigenvalue weighted by Crippen LogP contribution is -2.16. The molecule has 0 fully saturated rings. The summed E-state index contributed by atoms with van der Waals surface area (Å²) in [6, 6.07) is 14.9. The van der Waals surface area contributed by atoms with Crippen LogP contribution in [-0.4, -0.2) is 38.5 Å². The Hall–Kier alpha value is -3.59. The van der Waals surface area contributed by atoms with Gasteiger partial charge in [-0.05, 0) is 36.8 Å². The number of methoxy groups -OCH3 is 1. The summed E-state index contributed by atoms with van der Waals surface area (Å²) in [6.07, 6.45) is 1.49. The summed E-state index contributed by atoms with van der Waals surface area (Å²) in [4.78, 5) is 32.0. The SMILES string of the molecule is COc1ccccc1NC(=O)CSc1nc2c(cnn2-c2cccc(C)c2)c(=O)[nH]1. The average Bonchev–Trinajstić information content (AvgIpc) is 3.17. The second-order valence-electron chi connectivity index (χ2n) is 6.54. The number of anilines is 1. The summed E-state index contributed by atoms with van der Waals surface area (Å²) in [5.41, 5.74) is 2.61. The van der Waals surface area contributed by atoms with Crippen molar-refractivity contribution in [1.29, 1.82) is 0 Å². The van der Waals surface area contributed by atoms with E-state index >= 15 is 0 Å². The summed E-state index contributed by atoms with van der Waals surface area (Å²) >= 11 is 1.14. The van der Waals surface area contributed by atoms with Crippen molar-refractivity contribution >= 4 is 34.4 Å². The van der Waals surface area contributed by atoms with Crippen molar-refractivity contribution in [3.05, 3.63) is 70.6 Å². The van der Waals surface area contributed by atoms with E-state index in [9.17, 15) is 9.59 Å². The molecule has 0 atom stereocenters. The first kappa shape index (κ1) is 19.7. The van der Waals surface area contributed by atoms with Crippen molar-refractivity contribution in [1.82, 2.24) is 19.7 Å². The number of amides is 1. The first-order valence-electron chi connectivity index (χ1n) is 9.16. The normalized spacial score (nSPS) is 10.9. The van der Waals surface area contributed by atoms with E-state index in [2.05, 4.69) is 20.4 Å². The predicted molar refractivity (Wildman–Crippen MR) is 117 cm³/mol. The number of thioether (sulfide) groups is 1. The van der Waals surface area contributed by atoms with Crippen LogP contribution < -0.4 is 15.6 Å². The lowest BCUT2D eigenvalue weighted by molar-refractivity contribution is -0.113. The van der Waals surface area contributed by atoms with Crippen LogP contribution in [0.1, 0.15) is 5.56 Å². The second kappa shape index (κ2) is 8.42. The zero-order valence-electron chi connectivity index (χ0n) is 16.4. The highest BCUT2D eigenvalue weighted by Gasteiger charge is 2.14. The molecule has 0 bridgehead atoms.